The van der Waals surface area contributed by atoms with Crippen LogP contribution in [0.25, 0.3) is 0 Å². The number of ether oxygens (including phenoxy) is 1. The van der Waals surface area contributed by atoms with E-state index in [2.05, 4.69) is 65.6 Å². The smallest absolute Gasteiger partial charge is 0.191 e. The molecular formula is C21H35IN4O. The summed E-state index contributed by atoms with van der Waals surface area (Å²) in [7, 11) is 1.83. The lowest BCUT2D eigenvalue weighted by Crippen LogP contribution is -2.55. The van der Waals surface area contributed by atoms with E-state index in [0.717, 1.165) is 58.0 Å². The van der Waals surface area contributed by atoms with Crippen LogP contribution >= 0.6 is 24.0 Å². The fourth-order valence-corrected chi connectivity index (χ4v) is 3.89. The molecule has 1 unspecified atom stereocenters. The number of fused-ring (bicyclic) bond motifs is 1. The van der Waals surface area contributed by atoms with Crippen molar-refractivity contribution in [3.05, 3.63) is 35.4 Å². The predicted molar refractivity (Wildman–Crippen MR) is 123 cm³/mol. The summed E-state index contributed by atoms with van der Waals surface area (Å²) in [6, 6.07) is 8.81. The van der Waals surface area contributed by atoms with Gasteiger partial charge in [-0.25, -0.2) is 0 Å². The van der Waals surface area contributed by atoms with Crippen LogP contribution in [0.5, 0.6) is 0 Å². The van der Waals surface area contributed by atoms with Gasteiger partial charge in [0.2, 0.25) is 0 Å². The van der Waals surface area contributed by atoms with E-state index in [9.17, 15) is 0 Å². The van der Waals surface area contributed by atoms with Crippen molar-refractivity contribution in [2.45, 2.75) is 57.7 Å². The van der Waals surface area contributed by atoms with Crippen LogP contribution < -0.4 is 10.6 Å². The molecule has 0 radical (unpaired) electrons. The molecule has 1 atom stereocenters. The first-order chi connectivity index (χ1) is 12.4. The van der Waals surface area contributed by atoms with Crippen LogP contribution in [0, 0.1) is 0 Å². The number of hydrogen-bond donors (Lipinski definition) is 2. The molecule has 0 saturated carbocycles. The fraction of sp³-hybridized carbons (Fsp3) is 0.667. The van der Waals surface area contributed by atoms with Crippen LogP contribution in [0.3, 0.4) is 0 Å². The number of rotatable bonds is 5. The molecule has 1 aromatic rings. The van der Waals surface area contributed by atoms with Crippen LogP contribution in [0.4, 0.5) is 0 Å². The molecule has 1 fully saturated rings. The Morgan fingerprint density at radius 2 is 2.00 bits per heavy atom. The van der Waals surface area contributed by atoms with E-state index in [0.29, 0.717) is 0 Å². The van der Waals surface area contributed by atoms with Gasteiger partial charge in [0.15, 0.2) is 5.96 Å². The minimum absolute atomic E-state index is 0. The van der Waals surface area contributed by atoms with Crippen LogP contribution in [-0.2, 0) is 17.7 Å². The van der Waals surface area contributed by atoms with Gasteiger partial charge in [0.25, 0.3) is 0 Å². The van der Waals surface area contributed by atoms with E-state index >= 15 is 0 Å². The number of nitrogens with one attached hydrogen (secondary N) is 2. The summed E-state index contributed by atoms with van der Waals surface area (Å²) >= 11 is 0. The van der Waals surface area contributed by atoms with Gasteiger partial charge in [-0.15, -0.1) is 24.0 Å². The minimum Gasteiger partial charge on any atom is -0.373 e. The summed E-state index contributed by atoms with van der Waals surface area (Å²) < 4.78 is 5.86. The van der Waals surface area contributed by atoms with Crippen molar-refractivity contribution in [2.75, 3.05) is 33.3 Å². The molecule has 0 amide bonds. The molecule has 2 aliphatic rings. The van der Waals surface area contributed by atoms with Crippen molar-refractivity contribution in [3.8, 4) is 0 Å². The lowest BCUT2D eigenvalue weighted by atomic mass is 9.94. The maximum absolute atomic E-state index is 5.86. The van der Waals surface area contributed by atoms with E-state index in [4.69, 9.17) is 4.74 Å². The Morgan fingerprint density at radius 3 is 2.67 bits per heavy atom. The first-order valence-corrected chi connectivity index (χ1v) is 9.82. The highest BCUT2D eigenvalue weighted by atomic mass is 127. The number of halogens is 1. The second-order valence-electron chi connectivity index (χ2n) is 8.43. The first-order valence-electron chi connectivity index (χ1n) is 9.82. The largest absolute Gasteiger partial charge is 0.373 e. The summed E-state index contributed by atoms with van der Waals surface area (Å²) in [5, 5.41) is 6.95. The Labute approximate surface area is 181 Å². The standard InChI is InChI=1S/C21H34N4O.HI/c1-20(2,25-12-10-17-8-5-6-9-18(17)14-25)15-23-19(22-4)24-16-21(3)11-7-13-26-21;/h5-6,8-9H,7,10-16H2,1-4H3,(H2,22,23,24);1H. The predicted octanol–water partition coefficient (Wildman–Crippen LogP) is 3.18. The summed E-state index contributed by atoms with van der Waals surface area (Å²) in [6.45, 7) is 11.4. The molecule has 27 heavy (non-hydrogen) atoms. The molecule has 152 valence electrons. The van der Waals surface area contributed by atoms with Gasteiger partial charge in [0.05, 0.1) is 5.60 Å². The quantitative estimate of drug-likeness (QED) is 0.382. The van der Waals surface area contributed by atoms with Crippen LogP contribution in [0.1, 0.15) is 44.7 Å². The highest BCUT2D eigenvalue weighted by Crippen LogP contribution is 2.25. The highest BCUT2D eigenvalue weighted by Gasteiger charge is 2.31. The minimum atomic E-state index is -0.0658. The van der Waals surface area contributed by atoms with E-state index in [-0.39, 0.29) is 35.1 Å². The molecular weight excluding hydrogens is 451 g/mol. The summed E-state index contributed by atoms with van der Waals surface area (Å²) in [6.07, 6.45) is 3.38. The normalized spacial score (nSPS) is 23.5. The molecule has 0 bridgehead atoms. The lowest BCUT2D eigenvalue weighted by molar-refractivity contribution is 0.0242. The SMILES string of the molecule is CN=C(NCC1(C)CCCO1)NCC(C)(C)N1CCc2ccccc2C1.I. The fourth-order valence-electron chi connectivity index (χ4n) is 3.89. The molecule has 0 aliphatic carbocycles. The highest BCUT2D eigenvalue weighted by molar-refractivity contribution is 14.0. The topological polar surface area (TPSA) is 48.9 Å². The van der Waals surface area contributed by atoms with Crippen molar-refractivity contribution in [1.29, 1.82) is 0 Å². The molecule has 2 aliphatic heterocycles. The molecule has 0 spiro atoms. The van der Waals surface area contributed by atoms with Crippen molar-refractivity contribution in [3.63, 3.8) is 0 Å². The molecule has 2 N–H and O–H groups in total. The van der Waals surface area contributed by atoms with Gasteiger partial charge >= 0.3 is 0 Å². The Kier molecular flexibility index (Phi) is 7.94. The molecule has 6 heteroatoms. The number of hydrogen-bond acceptors (Lipinski definition) is 3. The summed E-state index contributed by atoms with van der Waals surface area (Å²) in [4.78, 5) is 6.95. The summed E-state index contributed by atoms with van der Waals surface area (Å²) in [5.74, 6) is 0.854. The van der Waals surface area contributed by atoms with E-state index in [1.54, 1.807) is 0 Å². The maximum Gasteiger partial charge on any atom is 0.191 e. The van der Waals surface area contributed by atoms with Gasteiger partial charge in [-0.2, -0.15) is 0 Å². The summed E-state index contributed by atoms with van der Waals surface area (Å²) in [5.41, 5.74) is 2.94. The first kappa shape index (κ1) is 22.4. The van der Waals surface area contributed by atoms with Gasteiger partial charge in [-0.3, -0.25) is 9.89 Å². The van der Waals surface area contributed by atoms with E-state index < -0.39 is 0 Å². The van der Waals surface area contributed by atoms with Crippen molar-refractivity contribution in [1.82, 2.24) is 15.5 Å². The Bertz CT molecular complexity index is 641. The zero-order valence-corrected chi connectivity index (χ0v) is 19.5. The molecule has 5 nitrogen and oxygen atoms in total. The van der Waals surface area contributed by atoms with E-state index in [1.807, 2.05) is 7.05 Å². The van der Waals surface area contributed by atoms with Crippen molar-refractivity contribution >= 4 is 29.9 Å². The number of benzene rings is 1. The van der Waals surface area contributed by atoms with Crippen LogP contribution in [-0.4, -0.2) is 55.3 Å². The van der Waals surface area contributed by atoms with Gasteiger partial charge in [-0.1, -0.05) is 24.3 Å². The third kappa shape index (κ3) is 5.81. The van der Waals surface area contributed by atoms with Crippen LogP contribution in [0.2, 0.25) is 0 Å². The van der Waals surface area contributed by atoms with Crippen molar-refractivity contribution < 1.29 is 4.74 Å². The number of guanidine groups is 1. The van der Waals surface area contributed by atoms with Gasteiger partial charge in [0, 0.05) is 45.4 Å². The second kappa shape index (κ2) is 9.56. The van der Waals surface area contributed by atoms with Gasteiger partial charge < -0.3 is 15.4 Å². The Morgan fingerprint density at radius 1 is 1.26 bits per heavy atom. The lowest BCUT2D eigenvalue weighted by Gasteiger charge is -2.42. The Balaban J connectivity index is 0.00000261. The molecule has 2 heterocycles. The third-order valence-corrected chi connectivity index (χ3v) is 5.83. The maximum atomic E-state index is 5.86. The average Bonchev–Trinajstić information content (AvgIpc) is 3.08. The number of aliphatic imine (C=N–C) groups is 1. The van der Waals surface area contributed by atoms with E-state index in [1.165, 1.54) is 11.1 Å². The second-order valence-corrected chi connectivity index (χ2v) is 8.43. The van der Waals surface area contributed by atoms with Crippen LogP contribution in [0.15, 0.2) is 29.3 Å². The zero-order chi connectivity index (χ0) is 18.6. The van der Waals surface area contributed by atoms with Gasteiger partial charge in [0.1, 0.15) is 0 Å². The third-order valence-electron chi connectivity index (χ3n) is 5.83. The molecule has 3 rings (SSSR count). The Hall–Kier alpha value is -0.860. The average molecular weight is 486 g/mol. The molecule has 0 aromatic heterocycles. The van der Waals surface area contributed by atoms with Gasteiger partial charge in [-0.05, 0) is 51.2 Å². The zero-order valence-electron chi connectivity index (χ0n) is 17.2. The number of nitrogens with zero attached hydrogens (tertiary/aromatic N) is 2. The van der Waals surface area contributed by atoms with Crippen molar-refractivity contribution in [2.24, 2.45) is 4.99 Å². The molecule has 1 aromatic carbocycles. The monoisotopic (exact) mass is 486 g/mol. The molecule has 1 saturated heterocycles.